The fourth-order valence-electron chi connectivity index (χ4n) is 2.47. The lowest BCUT2D eigenvalue weighted by Gasteiger charge is -2.15. The van der Waals surface area contributed by atoms with E-state index in [1.165, 1.54) is 18.1 Å². The van der Waals surface area contributed by atoms with E-state index in [0.29, 0.717) is 0 Å². The maximum absolute atomic E-state index is 11.0. The van der Waals surface area contributed by atoms with Crippen LogP contribution in [0.4, 0.5) is 5.69 Å². The van der Waals surface area contributed by atoms with Gasteiger partial charge in [-0.25, -0.2) is 0 Å². The topological polar surface area (TPSA) is 61.4 Å². The molecular formula is C19H24N2O2. The molecule has 2 aromatic carbocycles. The van der Waals surface area contributed by atoms with Crippen molar-refractivity contribution in [2.45, 2.75) is 32.9 Å². The van der Waals surface area contributed by atoms with Crippen LogP contribution in [0.2, 0.25) is 0 Å². The third-order valence-electron chi connectivity index (χ3n) is 3.77. The highest BCUT2D eigenvalue weighted by Gasteiger charge is 2.05. The lowest BCUT2D eigenvalue weighted by atomic mass is 10.0. The van der Waals surface area contributed by atoms with E-state index in [2.05, 4.69) is 23.6 Å². The third-order valence-corrected chi connectivity index (χ3v) is 3.77. The summed E-state index contributed by atoms with van der Waals surface area (Å²) in [5.41, 5.74) is 4.16. The number of nitrogens with one attached hydrogen (secondary N) is 2. The molecule has 0 radical (unpaired) electrons. The Hall–Kier alpha value is -2.17. The van der Waals surface area contributed by atoms with Crippen molar-refractivity contribution in [3.05, 3.63) is 65.2 Å². The lowest BCUT2D eigenvalue weighted by Crippen LogP contribution is -2.21. The van der Waals surface area contributed by atoms with E-state index in [1.54, 1.807) is 0 Å². The Morgan fingerprint density at radius 1 is 1.13 bits per heavy atom. The van der Waals surface area contributed by atoms with Gasteiger partial charge in [-0.2, -0.15) is 0 Å². The average molecular weight is 312 g/mol. The fraction of sp³-hybridized carbons (Fsp3) is 0.316. The number of benzene rings is 2. The molecule has 0 spiro atoms. The van der Waals surface area contributed by atoms with Crippen LogP contribution in [0.5, 0.6) is 0 Å². The predicted octanol–water partition coefficient (Wildman–Crippen LogP) is 3.03. The maximum atomic E-state index is 11.0. The molecule has 2 aromatic rings. The molecule has 0 aliphatic heterocycles. The number of aliphatic hydroxyl groups excluding tert-OH is 1. The van der Waals surface area contributed by atoms with Gasteiger partial charge >= 0.3 is 0 Å². The predicted molar refractivity (Wildman–Crippen MR) is 93.2 cm³/mol. The first-order valence-electron chi connectivity index (χ1n) is 7.88. The first kappa shape index (κ1) is 17.2. The number of anilines is 1. The molecular weight excluding hydrogens is 288 g/mol. The number of hydrogen-bond acceptors (Lipinski definition) is 3. The van der Waals surface area contributed by atoms with E-state index in [4.69, 9.17) is 0 Å². The second-order valence-corrected chi connectivity index (χ2v) is 5.71. The lowest BCUT2D eigenvalue weighted by molar-refractivity contribution is -0.114. The molecule has 0 aliphatic rings. The zero-order chi connectivity index (χ0) is 16.7. The highest BCUT2D eigenvalue weighted by atomic mass is 16.3. The summed E-state index contributed by atoms with van der Waals surface area (Å²) in [4.78, 5) is 11.0. The van der Waals surface area contributed by atoms with Crippen molar-refractivity contribution in [3.63, 3.8) is 0 Å². The second-order valence-electron chi connectivity index (χ2n) is 5.71. The van der Waals surface area contributed by atoms with Crippen LogP contribution in [-0.4, -0.2) is 17.6 Å². The molecule has 1 unspecified atom stereocenters. The summed E-state index contributed by atoms with van der Waals surface area (Å²) in [6.07, 6.45) is 0.921. The van der Waals surface area contributed by atoms with Crippen LogP contribution in [0, 0.1) is 0 Å². The Balaban J connectivity index is 1.83. The minimum absolute atomic E-state index is 0.0571. The van der Waals surface area contributed by atoms with Gasteiger partial charge in [0, 0.05) is 18.7 Å². The van der Waals surface area contributed by atoms with E-state index < -0.39 is 0 Å². The van der Waals surface area contributed by atoms with Gasteiger partial charge in [0.05, 0.1) is 6.61 Å². The molecule has 4 nitrogen and oxygen atoms in total. The van der Waals surface area contributed by atoms with Crippen molar-refractivity contribution in [3.8, 4) is 0 Å². The van der Waals surface area contributed by atoms with E-state index in [1.807, 2.05) is 42.5 Å². The van der Waals surface area contributed by atoms with Gasteiger partial charge in [0.15, 0.2) is 0 Å². The number of aliphatic hydroxyl groups is 1. The van der Waals surface area contributed by atoms with Gasteiger partial charge in [-0.3, -0.25) is 4.79 Å². The fourth-order valence-corrected chi connectivity index (χ4v) is 2.47. The summed E-state index contributed by atoms with van der Waals surface area (Å²) in [7, 11) is 0. The van der Waals surface area contributed by atoms with Crippen molar-refractivity contribution >= 4 is 11.6 Å². The van der Waals surface area contributed by atoms with Gasteiger partial charge in [-0.05, 0) is 48.7 Å². The Bertz CT molecular complexity index is 638. The monoisotopic (exact) mass is 312 g/mol. The van der Waals surface area contributed by atoms with Crippen LogP contribution < -0.4 is 10.6 Å². The van der Waals surface area contributed by atoms with E-state index in [0.717, 1.165) is 24.2 Å². The minimum Gasteiger partial charge on any atom is -0.392 e. The number of carbonyl (C=O) groups excluding carboxylic acids is 1. The van der Waals surface area contributed by atoms with E-state index >= 15 is 0 Å². The molecule has 3 N–H and O–H groups in total. The van der Waals surface area contributed by atoms with Gasteiger partial charge in [-0.1, -0.05) is 36.4 Å². The number of rotatable bonds is 7. The third kappa shape index (κ3) is 5.51. The summed E-state index contributed by atoms with van der Waals surface area (Å²) in [5, 5.41) is 15.5. The highest BCUT2D eigenvalue weighted by Crippen LogP contribution is 2.15. The Morgan fingerprint density at radius 2 is 1.87 bits per heavy atom. The van der Waals surface area contributed by atoms with Crippen LogP contribution in [0.1, 0.15) is 36.6 Å². The average Bonchev–Trinajstić information content (AvgIpc) is 2.56. The van der Waals surface area contributed by atoms with Crippen LogP contribution in [-0.2, 0) is 17.8 Å². The summed E-state index contributed by atoms with van der Waals surface area (Å²) in [6.45, 7) is 4.56. The molecule has 0 aliphatic carbocycles. The van der Waals surface area contributed by atoms with Gasteiger partial charge < -0.3 is 15.7 Å². The van der Waals surface area contributed by atoms with Gasteiger partial charge in [0.1, 0.15) is 0 Å². The number of amides is 1. The summed E-state index contributed by atoms with van der Waals surface area (Å²) >= 11 is 0. The van der Waals surface area contributed by atoms with Crippen molar-refractivity contribution in [1.82, 2.24) is 5.32 Å². The smallest absolute Gasteiger partial charge is 0.221 e. The zero-order valence-corrected chi connectivity index (χ0v) is 13.7. The number of hydrogen-bond donors (Lipinski definition) is 3. The number of carbonyl (C=O) groups is 1. The quantitative estimate of drug-likeness (QED) is 0.736. The zero-order valence-electron chi connectivity index (χ0n) is 13.7. The van der Waals surface area contributed by atoms with Crippen LogP contribution in [0.15, 0.2) is 48.5 Å². The van der Waals surface area contributed by atoms with Crippen molar-refractivity contribution in [1.29, 1.82) is 0 Å². The summed E-state index contributed by atoms with van der Waals surface area (Å²) in [5.74, 6) is -0.0571. The van der Waals surface area contributed by atoms with Crippen molar-refractivity contribution in [2.24, 2.45) is 0 Å². The Kier molecular flexibility index (Phi) is 6.32. The largest absolute Gasteiger partial charge is 0.392 e. The molecule has 1 atom stereocenters. The molecule has 2 rings (SSSR count). The normalized spacial score (nSPS) is 12.0. The maximum Gasteiger partial charge on any atom is 0.221 e. The molecule has 4 heteroatoms. The second kappa shape index (κ2) is 8.46. The molecule has 0 aromatic heterocycles. The summed E-state index contributed by atoms with van der Waals surface area (Å²) < 4.78 is 0. The van der Waals surface area contributed by atoms with Gasteiger partial charge in [-0.15, -0.1) is 0 Å². The molecule has 0 saturated heterocycles. The van der Waals surface area contributed by atoms with E-state index in [-0.39, 0.29) is 18.6 Å². The van der Waals surface area contributed by atoms with Gasteiger partial charge in [0.2, 0.25) is 5.91 Å². The molecule has 0 heterocycles. The highest BCUT2D eigenvalue weighted by molar-refractivity contribution is 5.88. The van der Waals surface area contributed by atoms with Crippen molar-refractivity contribution in [2.75, 3.05) is 11.9 Å². The van der Waals surface area contributed by atoms with Gasteiger partial charge in [0.25, 0.3) is 0 Å². The van der Waals surface area contributed by atoms with Crippen molar-refractivity contribution < 1.29 is 9.90 Å². The molecule has 0 fully saturated rings. The van der Waals surface area contributed by atoms with Crippen LogP contribution in [0.25, 0.3) is 0 Å². The molecule has 0 bridgehead atoms. The molecule has 23 heavy (non-hydrogen) atoms. The Morgan fingerprint density at radius 3 is 2.52 bits per heavy atom. The molecule has 0 saturated carbocycles. The SMILES string of the molecule is CC(=O)Nc1ccc(CCNC(C)c2cccc(CO)c2)cc1. The molecule has 1 amide bonds. The Labute approximate surface area is 137 Å². The van der Waals surface area contributed by atoms with Crippen LogP contribution >= 0.6 is 0 Å². The summed E-state index contributed by atoms with van der Waals surface area (Å²) in [6, 6.07) is 16.1. The first-order chi connectivity index (χ1) is 11.1. The minimum atomic E-state index is -0.0571. The van der Waals surface area contributed by atoms with Crippen LogP contribution in [0.3, 0.4) is 0 Å². The first-order valence-corrected chi connectivity index (χ1v) is 7.88. The standard InChI is InChI=1S/C19H24N2O2/c1-14(18-5-3-4-17(12-18)13-22)20-11-10-16-6-8-19(9-7-16)21-15(2)23/h3-9,12,14,20,22H,10-11,13H2,1-2H3,(H,21,23). The van der Waals surface area contributed by atoms with E-state index in [9.17, 15) is 9.90 Å². The molecule has 122 valence electrons.